The minimum atomic E-state index is -1.41. The Morgan fingerprint density at radius 2 is 1.51 bits per heavy atom. The number of nitrogens with one attached hydrogen (secondary N) is 9. The van der Waals surface area contributed by atoms with Crippen LogP contribution in [0.15, 0.2) is 65.8 Å². The van der Waals surface area contributed by atoms with E-state index in [0.717, 1.165) is 17.3 Å². The predicted molar refractivity (Wildman–Crippen MR) is 248 cm³/mol. The molecule has 362 valence electrons. The van der Waals surface area contributed by atoms with E-state index in [1.165, 1.54) is 6.92 Å². The van der Waals surface area contributed by atoms with E-state index in [4.69, 9.17) is 17.2 Å². The number of amides is 9. The van der Waals surface area contributed by atoms with Gasteiger partial charge in [0.15, 0.2) is 5.96 Å². The highest BCUT2D eigenvalue weighted by molar-refractivity contribution is 5.97. The van der Waals surface area contributed by atoms with E-state index in [2.05, 4.69) is 52.5 Å². The number of aliphatic imine (C=N–C) groups is 1. The molecule has 0 radical (unpaired) electrons. The number of fused-ring (bicyclic) bond motifs is 1. The van der Waals surface area contributed by atoms with Crippen LogP contribution < -0.4 is 59.7 Å². The maximum absolute atomic E-state index is 14.2. The van der Waals surface area contributed by atoms with E-state index in [-0.39, 0.29) is 70.4 Å². The second-order valence-corrected chi connectivity index (χ2v) is 16.3. The number of carbonyl (C=O) groups is 9. The fourth-order valence-corrected chi connectivity index (χ4v) is 7.38. The molecule has 3 aromatic rings. The van der Waals surface area contributed by atoms with Crippen LogP contribution >= 0.6 is 0 Å². The summed E-state index contributed by atoms with van der Waals surface area (Å²) in [5.41, 5.74) is 18.9. The van der Waals surface area contributed by atoms with Crippen LogP contribution in [0.1, 0.15) is 76.3 Å². The maximum Gasteiger partial charge on any atom is 0.243 e. The third kappa shape index (κ3) is 17.4. The average Bonchev–Trinajstić information content (AvgIpc) is 3.70. The van der Waals surface area contributed by atoms with Gasteiger partial charge in [0.1, 0.15) is 36.3 Å². The number of H-pyrrole nitrogens is 1. The number of guanidine groups is 1. The molecular weight excluding hydrogens is 867 g/mol. The summed E-state index contributed by atoms with van der Waals surface area (Å²) in [6.07, 6.45) is 2.57. The highest BCUT2D eigenvalue weighted by atomic mass is 16.2. The number of aromatic nitrogens is 1. The number of benzene rings is 2. The first kappa shape index (κ1) is 52.1. The monoisotopic (exact) mass is 929 g/mol. The number of aromatic amines is 1. The molecule has 3 unspecified atom stereocenters. The molecule has 1 saturated heterocycles. The average molecular weight is 930 g/mol. The van der Waals surface area contributed by atoms with Gasteiger partial charge in [-0.3, -0.25) is 48.1 Å². The SMILES string of the molecule is CCCC[C@H](NC(C)=O)C(=O)NC1CCC(=O)NCCC(C(=O)N[C@@H](Cc2c[nH]c3ccccc23)C(N)=O)NC(=O)[C@H](CCCN=C(N)N)NC(=O)C(Cc2ccccc2)NC(=O)CNC1=O. The Hall–Kier alpha value is -7.52. The molecule has 1 fully saturated rings. The molecule has 0 spiro atoms. The van der Waals surface area contributed by atoms with Gasteiger partial charge in [0.2, 0.25) is 53.2 Å². The molecule has 2 aromatic carbocycles. The first-order chi connectivity index (χ1) is 32.0. The quantitative estimate of drug-likeness (QED) is 0.0400. The number of nitrogens with two attached hydrogens (primary N) is 3. The number of hydrogen-bond donors (Lipinski definition) is 12. The molecule has 22 nitrogen and oxygen atoms in total. The molecule has 67 heavy (non-hydrogen) atoms. The van der Waals surface area contributed by atoms with E-state index in [9.17, 15) is 43.2 Å². The first-order valence-electron chi connectivity index (χ1n) is 22.3. The Balaban J connectivity index is 1.67. The van der Waals surface area contributed by atoms with Crippen LogP contribution in [0, 0.1) is 0 Å². The van der Waals surface area contributed by atoms with Crippen molar-refractivity contribution < 1.29 is 43.2 Å². The minimum absolute atomic E-state index is 0.00403. The molecule has 2 heterocycles. The van der Waals surface area contributed by atoms with Gasteiger partial charge in [-0.25, -0.2) is 0 Å². The summed E-state index contributed by atoms with van der Waals surface area (Å²) in [6, 6.07) is 8.42. The van der Waals surface area contributed by atoms with Crippen LogP contribution in [0.3, 0.4) is 0 Å². The van der Waals surface area contributed by atoms with Crippen LogP contribution in [0.25, 0.3) is 10.9 Å². The Morgan fingerprint density at radius 1 is 0.791 bits per heavy atom. The topological polar surface area (TPSA) is 356 Å². The third-order valence-corrected chi connectivity index (χ3v) is 10.9. The Bertz CT molecular complexity index is 2250. The van der Waals surface area contributed by atoms with Crippen LogP contribution in [0.2, 0.25) is 0 Å². The van der Waals surface area contributed by atoms with Gasteiger partial charge in [-0.05, 0) is 49.3 Å². The summed E-state index contributed by atoms with van der Waals surface area (Å²) in [5, 5.41) is 21.7. The van der Waals surface area contributed by atoms with E-state index in [1.807, 2.05) is 31.2 Å². The van der Waals surface area contributed by atoms with Crippen molar-refractivity contribution in [3.63, 3.8) is 0 Å². The van der Waals surface area contributed by atoms with Gasteiger partial charge in [-0.2, -0.15) is 0 Å². The molecular formula is C45H63N13O9. The van der Waals surface area contributed by atoms with Crippen molar-refractivity contribution >= 4 is 70.0 Å². The van der Waals surface area contributed by atoms with E-state index in [0.29, 0.717) is 17.5 Å². The minimum Gasteiger partial charge on any atom is -0.370 e. The van der Waals surface area contributed by atoms with Crippen LogP contribution in [0.4, 0.5) is 0 Å². The molecule has 9 amide bonds. The largest absolute Gasteiger partial charge is 0.370 e. The van der Waals surface area contributed by atoms with Crippen molar-refractivity contribution in [1.82, 2.24) is 47.5 Å². The van der Waals surface area contributed by atoms with Crippen molar-refractivity contribution in [2.45, 2.75) is 114 Å². The molecule has 1 aromatic heterocycles. The number of rotatable bonds is 17. The van der Waals surface area contributed by atoms with E-state index < -0.39 is 96.0 Å². The Morgan fingerprint density at radius 3 is 2.21 bits per heavy atom. The van der Waals surface area contributed by atoms with Crippen molar-refractivity contribution in [3.05, 3.63) is 71.9 Å². The van der Waals surface area contributed by atoms with Gasteiger partial charge < -0.3 is 64.7 Å². The molecule has 22 heteroatoms. The van der Waals surface area contributed by atoms with Gasteiger partial charge in [0.05, 0.1) is 6.54 Å². The highest BCUT2D eigenvalue weighted by Gasteiger charge is 2.33. The molecule has 6 atom stereocenters. The zero-order valence-electron chi connectivity index (χ0n) is 37.8. The predicted octanol–water partition coefficient (Wildman–Crippen LogP) is -1.97. The number of nitrogens with zero attached hydrogens (tertiary/aromatic N) is 1. The van der Waals surface area contributed by atoms with Crippen LogP contribution in [-0.4, -0.2) is 120 Å². The lowest BCUT2D eigenvalue weighted by Gasteiger charge is -2.26. The number of unbranched alkanes of at least 4 members (excludes halogenated alkanes) is 1. The lowest BCUT2D eigenvalue weighted by molar-refractivity contribution is -0.134. The third-order valence-electron chi connectivity index (χ3n) is 10.9. The molecule has 4 rings (SSSR count). The summed E-state index contributed by atoms with van der Waals surface area (Å²) < 4.78 is 0. The van der Waals surface area contributed by atoms with E-state index >= 15 is 0 Å². The fraction of sp³-hybridized carbons (Fsp3) is 0.467. The number of hydrogen-bond acceptors (Lipinski definition) is 10. The number of primary amides is 1. The Kier molecular flexibility index (Phi) is 20.6. The van der Waals surface area contributed by atoms with Crippen molar-refractivity contribution in [2.75, 3.05) is 19.6 Å². The van der Waals surface area contributed by atoms with Gasteiger partial charge in [0.25, 0.3) is 0 Å². The van der Waals surface area contributed by atoms with Crippen LogP contribution in [0.5, 0.6) is 0 Å². The van der Waals surface area contributed by atoms with Crippen molar-refractivity contribution in [2.24, 2.45) is 22.2 Å². The summed E-state index contributed by atoms with van der Waals surface area (Å²) in [6.45, 7) is 2.38. The molecule has 0 aliphatic carbocycles. The Labute approximate surface area is 387 Å². The zero-order chi connectivity index (χ0) is 48.9. The molecule has 0 bridgehead atoms. The maximum atomic E-state index is 14.2. The first-order valence-corrected chi connectivity index (χ1v) is 22.3. The second-order valence-electron chi connectivity index (χ2n) is 16.3. The smallest absolute Gasteiger partial charge is 0.243 e. The summed E-state index contributed by atoms with van der Waals surface area (Å²) in [5.74, 6) is -6.84. The van der Waals surface area contributed by atoms with Crippen LogP contribution in [-0.2, 0) is 56.0 Å². The summed E-state index contributed by atoms with van der Waals surface area (Å²) in [7, 11) is 0. The zero-order valence-corrected chi connectivity index (χ0v) is 37.8. The molecule has 1 aliphatic rings. The van der Waals surface area contributed by atoms with Gasteiger partial charge in [-0.1, -0.05) is 68.3 Å². The number of para-hydroxylation sites is 1. The lowest BCUT2D eigenvalue weighted by atomic mass is 10.0. The van der Waals surface area contributed by atoms with Gasteiger partial charge in [0, 0.05) is 56.4 Å². The van der Waals surface area contributed by atoms with Crippen molar-refractivity contribution in [3.8, 4) is 0 Å². The highest BCUT2D eigenvalue weighted by Crippen LogP contribution is 2.19. The number of carbonyl (C=O) groups excluding carboxylic acids is 9. The van der Waals surface area contributed by atoms with E-state index in [1.54, 1.807) is 36.5 Å². The molecule has 0 saturated carbocycles. The normalized spacial score (nSPS) is 19.8. The van der Waals surface area contributed by atoms with Gasteiger partial charge in [-0.15, -0.1) is 0 Å². The van der Waals surface area contributed by atoms with Gasteiger partial charge >= 0.3 is 0 Å². The molecule has 15 N–H and O–H groups in total. The summed E-state index contributed by atoms with van der Waals surface area (Å²) in [4.78, 5) is 128. The molecule has 1 aliphatic heterocycles. The summed E-state index contributed by atoms with van der Waals surface area (Å²) >= 11 is 0. The second kappa shape index (κ2) is 26.4. The lowest BCUT2D eigenvalue weighted by Crippen LogP contribution is -2.59. The standard InChI is InChI=1S/C45H63N13O9/c1-3-4-14-31(53-26(2)59)41(64)56-33-17-18-37(60)49-21-19-34(43(66)58-35(39(46)62)23-28-24-51-30-15-9-8-13-29(28)30)57-42(65)32(16-10-20-50-45(47)48)55-44(67)36(22-27-11-6-5-7-12-27)54-38(61)25-52-40(33)63/h5-9,11-13,15,24,31-36,51H,3-4,10,14,16-23,25H2,1-2H3,(H2,46,62)(H,49,60)(H,52,63)(H,53,59)(H,54,61)(H,55,67)(H,56,64)(H,57,65)(H,58,66)(H4,47,48,50)/t31-,32-,33?,34?,35-,36?/m0/s1. The van der Waals surface area contributed by atoms with Crippen molar-refractivity contribution in [1.29, 1.82) is 0 Å². The fourth-order valence-electron chi connectivity index (χ4n) is 7.38.